The summed E-state index contributed by atoms with van der Waals surface area (Å²) >= 11 is 7.30. The maximum absolute atomic E-state index is 12.9. The number of hydrogen-bond acceptors (Lipinski definition) is 4. The van der Waals surface area contributed by atoms with Gasteiger partial charge >= 0.3 is 5.97 Å². The first-order valence-electron chi connectivity index (χ1n) is 9.88. The molecule has 0 bridgehead atoms. The Balaban J connectivity index is 1.63. The van der Waals surface area contributed by atoms with Gasteiger partial charge in [-0.25, -0.2) is 4.79 Å². The lowest BCUT2D eigenvalue weighted by Gasteiger charge is -2.10. The number of anilines is 1. The molecule has 0 aliphatic carbocycles. The van der Waals surface area contributed by atoms with Crippen LogP contribution in [0.2, 0.25) is 5.02 Å². The van der Waals surface area contributed by atoms with Crippen molar-refractivity contribution in [3.05, 3.63) is 88.3 Å². The van der Waals surface area contributed by atoms with Crippen molar-refractivity contribution >= 4 is 50.6 Å². The monoisotopic (exact) mass is 449 g/mol. The predicted molar refractivity (Wildman–Crippen MR) is 127 cm³/mol. The zero-order valence-electron chi connectivity index (χ0n) is 16.9. The minimum atomic E-state index is -0.464. The highest BCUT2D eigenvalue weighted by Crippen LogP contribution is 2.37. The molecular formula is C25H20ClNO3S. The smallest absolute Gasteiger partial charge is 0.341 e. The zero-order chi connectivity index (χ0) is 21.8. The summed E-state index contributed by atoms with van der Waals surface area (Å²) in [4.78, 5) is 25.6. The number of benzene rings is 3. The summed E-state index contributed by atoms with van der Waals surface area (Å²) in [6.07, 6.45) is 0.206. The molecule has 1 N–H and O–H groups in total. The van der Waals surface area contributed by atoms with E-state index in [4.69, 9.17) is 16.3 Å². The fourth-order valence-corrected chi connectivity index (χ4v) is 4.59. The van der Waals surface area contributed by atoms with Gasteiger partial charge < -0.3 is 10.1 Å². The highest BCUT2D eigenvalue weighted by atomic mass is 35.5. The lowest BCUT2D eigenvalue weighted by molar-refractivity contribution is -0.115. The molecule has 31 heavy (non-hydrogen) atoms. The number of carbonyl (C=O) groups excluding carboxylic acids is 2. The molecule has 0 aliphatic heterocycles. The highest BCUT2D eigenvalue weighted by Gasteiger charge is 2.23. The van der Waals surface area contributed by atoms with Gasteiger partial charge in [0.05, 0.1) is 13.0 Å². The molecule has 0 atom stereocenters. The first-order chi connectivity index (χ1) is 15.1. The molecule has 1 heterocycles. The van der Waals surface area contributed by atoms with Crippen LogP contribution in [0.25, 0.3) is 21.9 Å². The van der Waals surface area contributed by atoms with Crippen LogP contribution < -0.4 is 5.32 Å². The Hall–Kier alpha value is -3.15. The summed E-state index contributed by atoms with van der Waals surface area (Å²) in [6.45, 7) is 2.00. The van der Waals surface area contributed by atoms with Crippen LogP contribution in [0.5, 0.6) is 0 Å². The van der Waals surface area contributed by atoms with Crippen LogP contribution in [0.15, 0.2) is 72.1 Å². The first-order valence-corrected chi connectivity index (χ1v) is 11.1. The van der Waals surface area contributed by atoms with Crippen LogP contribution in [0, 0.1) is 0 Å². The number of thiophene rings is 1. The predicted octanol–water partition coefficient (Wildman–Crippen LogP) is 6.58. The normalized spacial score (nSPS) is 10.8. The molecule has 4 nitrogen and oxygen atoms in total. The van der Waals surface area contributed by atoms with E-state index in [1.807, 2.05) is 60.0 Å². The van der Waals surface area contributed by atoms with Crippen molar-refractivity contribution in [2.75, 3.05) is 11.9 Å². The zero-order valence-corrected chi connectivity index (χ0v) is 18.4. The van der Waals surface area contributed by atoms with E-state index in [9.17, 15) is 9.59 Å². The largest absolute Gasteiger partial charge is 0.462 e. The third kappa shape index (κ3) is 4.63. The van der Waals surface area contributed by atoms with E-state index in [2.05, 4.69) is 5.32 Å². The molecule has 6 heteroatoms. The summed E-state index contributed by atoms with van der Waals surface area (Å²) < 4.78 is 5.26. The van der Waals surface area contributed by atoms with Crippen molar-refractivity contribution in [3.63, 3.8) is 0 Å². The van der Waals surface area contributed by atoms with Crippen LogP contribution in [-0.2, 0) is 16.0 Å². The van der Waals surface area contributed by atoms with Gasteiger partial charge in [0.15, 0.2) is 0 Å². The molecule has 156 valence electrons. The van der Waals surface area contributed by atoms with E-state index in [0.717, 1.165) is 21.9 Å². The van der Waals surface area contributed by atoms with Gasteiger partial charge in [-0.2, -0.15) is 0 Å². The molecule has 0 saturated carbocycles. The minimum absolute atomic E-state index is 0.189. The molecular weight excluding hydrogens is 430 g/mol. The van der Waals surface area contributed by atoms with E-state index < -0.39 is 5.97 Å². The molecule has 0 radical (unpaired) electrons. The highest BCUT2D eigenvalue weighted by molar-refractivity contribution is 7.15. The number of fused-ring (bicyclic) bond motifs is 1. The second-order valence-electron chi connectivity index (χ2n) is 6.94. The Bertz CT molecular complexity index is 1240. The standard InChI is InChI=1S/C25H20ClNO3S/c1-2-30-25(29)23-21(17-10-12-19(26)13-11-17)15-31-24(23)27-22(28)14-18-8-5-7-16-6-3-4-9-20(16)18/h3-13,15H,2,14H2,1H3,(H,27,28). The number of ether oxygens (including phenoxy) is 1. The summed E-state index contributed by atoms with van der Waals surface area (Å²) in [5.41, 5.74) is 2.84. The van der Waals surface area contributed by atoms with E-state index in [1.54, 1.807) is 19.1 Å². The molecule has 0 aliphatic rings. The number of amides is 1. The Morgan fingerprint density at radius 3 is 2.52 bits per heavy atom. The molecule has 0 unspecified atom stereocenters. The topological polar surface area (TPSA) is 55.4 Å². The van der Waals surface area contributed by atoms with E-state index in [-0.39, 0.29) is 18.9 Å². The molecule has 4 aromatic rings. The van der Waals surface area contributed by atoms with Gasteiger partial charge in [0, 0.05) is 16.0 Å². The summed E-state index contributed by atoms with van der Waals surface area (Å²) in [5, 5.41) is 7.98. The molecule has 0 fully saturated rings. The average Bonchev–Trinajstić information content (AvgIpc) is 3.18. The lowest BCUT2D eigenvalue weighted by atomic mass is 10.0. The summed E-state index contributed by atoms with van der Waals surface area (Å²) in [5.74, 6) is -0.652. The molecule has 1 amide bonds. The SMILES string of the molecule is CCOC(=O)c1c(-c2ccc(Cl)cc2)csc1NC(=O)Cc1cccc2ccccc12. The van der Waals surface area contributed by atoms with Crippen molar-refractivity contribution in [1.82, 2.24) is 0 Å². The Kier molecular flexibility index (Phi) is 6.35. The van der Waals surface area contributed by atoms with Crippen LogP contribution in [0.3, 0.4) is 0 Å². The van der Waals surface area contributed by atoms with Gasteiger partial charge in [-0.05, 0) is 41.0 Å². The van der Waals surface area contributed by atoms with Crippen molar-refractivity contribution < 1.29 is 14.3 Å². The number of rotatable bonds is 6. The maximum atomic E-state index is 12.9. The van der Waals surface area contributed by atoms with Crippen LogP contribution >= 0.6 is 22.9 Å². The van der Waals surface area contributed by atoms with Crippen LogP contribution in [0.1, 0.15) is 22.8 Å². The van der Waals surface area contributed by atoms with Crippen molar-refractivity contribution in [2.24, 2.45) is 0 Å². The molecule has 1 aromatic heterocycles. The van der Waals surface area contributed by atoms with Crippen LogP contribution in [0.4, 0.5) is 5.00 Å². The van der Waals surface area contributed by atoms with Gasteiger partial charge in [0.1, 0.15) is 10.6 Å². The van der Waals surface area contributed by atoms with Crippen molar-refractivity contribution in [2.45, 2.75) is 13.3 Å². The fourth-order valence-electron chi connectivity index (χ4n) is 3.49. The second kappa shape index (κ2) is 9.33. The van der Waals surface area contributed by atoms with Gasteiger partial charge in [0.2, 0.25) is 5.91 Å². The number of esters is 1. The lowest BCUT2D eigenvalue weighted by Crippen LogP contribution is -2.16. The minimum Gasteiger partial charge on any atom is -0.462 e. The molecule has 3 aromatic carbocycles. The molecule has 0 spiro atoms. The quantitative estimate of drug-likeness (QED) is 0.338. The molecule has 4 rings (SSSR count). The third-order valence-electron chi connectivity index (χ3n) is 4.91. The Morgan fingerprint density at radius 1 is 1.00 bits per heavy atom. The van der Waals surface area contributed by atoms with Gasteiger partial charge in [-0.1, -0.05) is 66.2 Å². The number of hydrogen-bond donors (Lipinski definition) is 1. The van der Waals surface area contributed by atoms with Gasteiger partial charge in [-0.3, -0.25) is 4.79 Å². The van der Waals surface area contributed by atoms with Gasteiger partial charge in [-0.15, -0.1) is 11.3 Å². The summed E-state index contributed by atoms with van der Waals surface area (Å²) in [7, 11) is 0. The summed E-state index contributed by atoms with van der Waals surface area (Å²) in [6, 6.07) is 21.1. The number of carbonyl (C=O) groups is 2. The third-order valence-corrected chi connectivity index (χ3v) is 6.06. The Morgan fingerprint density at radius 2 is 1.74 bits per heavy atom. The average molecular weight is 450 g/mol. The van der Waals surface area contributed by atoms with Crippen LogP contribution in [-0.4, -0.2) is 18.5 Å². The van der Waals surface area contributed by atoms with E-state index in [1.165, 1.54) is 11.3 Å². The van der Waals surface area contributed by atoms with Gasteiger partial charge in [0.25, 0.3) is 0 Å². The van der Waals surface area contributed by atoms with Crippen molar-refractivity contribution in [3.8, 4) is 11.1 Å². The van der Waals surface area contributed by atoms with E-state index >= 15 is 0 Å². The second-order valence-corrected chi connectivity index (χ2v) is 8.26. The number of nitrogens with one attached hydrogen (secondary N) is 1. The first kappa shape index (κ1) is 21.1. The maximum Gasteiger partial charge on any atom is 0.341 e. The molecule has 0 saturated heterocycles. The van der Waals surface area contributed by atoms with Crippen molar-refractivity contribution in [1.29, 1.82) is 0 Å². The Labute approximate surface area is 189 Å². The number of halogens is 1. The van der Waals surface area contributed by atoms with E-state index in [0.29, 0.717) is 21.2 Å². The fraction of sp³-hybridized carbons (Fsp3) is 0.120.